The molecule has 1 fully saturated rings. The quantitative estimate of drug-likeness (QED) is 0.698. The summed E-state index contributed by atoms with van der Waals surface area (Å²) in [7, 11) is 1.66. The summed E-state index contributed by atoms with van der Waals surface area (Å²) >= 11 is 1.63. The second kappa shape index (κ2) is 9.10. The molecule has 2 aromatic heterocycles. The zero-order valence-electron chi connectivity index (χ0n) is 18.1. The third-order valence-electron chi connectivity index (χ3n) is 6.71. The van der Waals surface area contributed by atoms with Crippen molar-refractivity contribution in [1.29, 1.82) is 0 Å². The van der Waals surface area contributed by atoms with Crippen LogP contribution in [-0.2, 0) is 16.1 Å². The van der Waals surface area contributed by atoms with Crippen LogP contribution in [0, 0.1) is 0 Å². The Hall–Kier alpha value is -1.86. The lowest BCUT2D eigenvalue weighted by Gasteiger charge is -2.44. The Morgan fingerprint density at radius 1 is 1.27 bits per heavy atom. The summed E-state index contributed by atoms with van der Waals surface area (Å²) in [4.78, 5) is 28.9. The zero-order valence-corrected chi connectivity index (χ0v) is 18.9. The number of nitrogens with one attached hydrogen (secondary N) is 1. The summed E-state index contributed by atoms with van der Waals surface area (Å²) in [5.41, 5.74) is 0.823. The number of aromatic nitrogens is 1. The Kier molecular flexibility index (Phi) is 6.48. The monoisotopic (exact) mass is 431 g/mol. The van der Waals surface area contributed by atoms with E-state index in [2.05, 4.69) is 5.32 Å². The van der Waals surface area contributed by atoms with Gasteiger partial charge in [0.25, 0.3) is 5.91 Å². The van der Waals surface area contributed by atoms with Crippen molar-refractivity contribution in [2.24, 2.45) is 0 Å². The highest BCUT2D eigenvalue weighted by molar-refractivity contribution is 7.17. The maximum Gasteiger partial charge on any atom is 0.271 e. The molecule has 7 heteroatoms. The fourth-order valence-electron chi connectivity index (χ4n) is 4.93. The van der Waals surface area contributed by atoms with Crippen LogP contribution in [0.4, 0.5) is 0 Å². The second-order valence-electron chi connectivity index (χ2n) is 8.88. The van der Waals surface area contributed by atoms with Gasteiger partial charge in [0.05, 0.1) is 16.8 Å². The smallest absolute Gasteiger partial charge is 0.271 e. The Bertz CT molecular complexity index is 897. The molecule has 0 aromatic carbocycles. The summed E-state index contributed by atoms with van der Waals surface area (Å²) < 4.78 is 8.34. The molecule has 1 aliphatic heterocycles. The van der Waals surface area contributed by atoms with Gasteiger partial charge >= 0.3 is 0 Å². The molecule has 30 heavy (non-hydrogen) atoms. The largest absolute Gasteiger partial charge is 0.385 e. The van der Waals surface area contributed by atoms with Gasteiger partial charge in [-0.25, -0.2) is 0 Å². The van der Waals surface area contributed by atoms with Gasteiger partial charge in [0, 0.05) is 26.3 Å². The first-order chi connectivity index (χ1) is 14.5. The average Bonchev–Trinajstić information content (AvgIpc) is 3.29. The first-order valence-electron chi connectivity index (χ1n) is 11.2. The van der Waals surface area contributed by atoms with Crippen molar-refractivity contribution >= 4 is 33.4 Å². The highest BCUT2D eigenvalue weighted by Gasteiger charge is 2.47. The van der Waals surface area contributed by atoms with Gasteiger partial charge in [0.2, 0.25) is 5.91 Å². The maximum absolute atomic E-state index is 13.6. The SMILES string of the molecule is COCCCN1C(=O)c2cc3sccc3n2C[C@]1(C)C(=O)NC1CCCCCCC1. The second-order valence-corrected chi connectivity index (χ2v) is 9.83. The number of amides is 2. The number of hydrogen-bond acceptors (Lipinski definition) is 4. The number of hydrogen-bond donors (Lipinski definition) is 1. The van der Waals surface area contributed by atoms with Gasteiger partial charge in [-0.15, -0.1) is 11.3 Å². The number of fused-ring (bicyclic) bond motifs is 3. The summed E-state index contributed by atoms with van der Waals surface area (Å²) in [6.07, 6.45) is 8.88. The third-order valence-corrected chi connectivity index (χ3v) is 7.56. The number of thiophene rings is 1. The predicted molar refractivity (Wildman–Crippen MR) is 120 cm³/mol. The van der Waals surface area contributed by atoms with E-state index in [0.29, 0.717) is 31.8 Å². The van der Waals surface area contributed by atoms with Crippen LogP contribution in [0.2, 0.25) is 0 Å². The van der Waals surface area contributed by atoms with Crippen LogP contribution in [0.1, 0.15) is 68.8 Å². The highest BCUT2D eigenvalue weighted by Crippen LogP contribution is 2.34. The zero-order chi connectivity index (χ0) is 21.1. The third kappa shape index (κ3) is 4.02. The van der Waals surface area contributed by atoms with Crippen molar-refractivity contribution in [3.63, 3.8) is 0 Å². The molecule has 4 rings (SSSR count). The summed E-state index contributed by atoms with van der Waals surface area (Å²) in [6, 6.07) is 4.22. The van der Waals surface area contributed by atoms with Crippen LogP contribution in [0.25, 0.3) is 10.2 Å². The van der Waals surface area contributed by atoms with E-state index < -0.39 is 5.54 Å². The fraction of sp³-hybridized carbons (Fsp3) is 0.652. The molecule has 0 spiro atoms. The maximum atomic E-state index is 13.6. The van der Waals surface area contributed by atoms with Crippen molar-refractivity contribution in [3.8, 4) is 0 Å². The van der Waals surface area contributed by atoms with Crippen LogP contribution in [0.3, 0.4) is 0 Å². The van der Waals surface area contributed by atoms with Crippen LogP contribution < -0.4 is 5.32 Å². The standard InChI is InChI=1S/C23H33N3O3S/c1-23(22(28)24-17-9-6-4-3-5-7-10-17)16-25-18-11-14-30-20(18)15-19(25)21(27)26(23)12-8-13-29-2/h11,14-15,17H,3-10,12-13,16H2,1-2H3,(H,24,28)/t23-/m1/s1. The molecule has 0 radical (unpaired) electrons. The van der Waals surface area contributed by atoms with Gasteiger partial charge < -0.3 is 19.5 Å². The minimum Gasteiger partial charge on any atom is -0.385 e. The lowest BCUT2D eigenvalue weighted by Crippen LogP contribution is -2.65. The molecule has 2 aromatic rings. The Morgan fingerprint density at radius 3 is 2.73 bits per heavy atom. The minimum atomic E-state index is -0.909. The molecule has 3 heterocycles. The van der Waals surface area contributed by atoms with E-state index >= 15 is 0 Å². The molecule has 1 N–H and O–H groups in total. The summed E-state index contributed by atoms with van der Waals surface area (Å²) in [6.45, 7) is 3.50. The molecule has 0 saturated heterocycles. The molecular formula is C23H33N3O3S. The first-order valence-corrected chi connectivity index (χ1v) is 12.1. The molecule has 6 nitrogen and oxygen atoms in total. The molecule has 164 valence electrons. The summed E-state index contributed by atoms with van der Waals surface area (Å²) in [5, 5.41) is 5.37. The lowest BCUT2D eigenvalue weighted by atomic mass is 9.92. The van der Waals surface area contributed by atoms with E-state index in [1.165, 1.54) is 19.3 Å². The molecule has 2 aliphatic rings. The van der Waals surface area contributed by atoms with Crippen LogP contribution >= 0.6 is 11.3 Å². The minimum absolute atomic E-state index is 0.0263. The van der Waals surface area contributed by atoms with E-state index in [9.17, 15) is 9.59 Å². The van der Waals surface area contributed by atoms with Crippen molar-refractivity contribution in [3.05, 3.63) is 23.2 Å². The van der Waals surface area contributed by atoms with Crippen LogP contribution in [0.15, 0.2) is 17.5 Å². The molecule has 0 unspecified atom stereocenters. The molecule has 1 saturated carbocycles. The van der Waals surface area contributed by atoms with Crippen molar-refractivity contribution in [2.45, 2.75) is 76.4 Å². The normalized spacial score (nSPS) is 23.3. The first kappa shape index (κ1) is 21.4. The molecule has 0 bridgehead atoms. The van der Waals surface area contributed by atoms with Crippen molar-refractivity contribution in [1.82, 2.24) is 14.8 Å². The van der Waals surface area contributed by atoms with Crippen molar-refractivity contribution in [2.75, 3.05) is 20.3 Å². The Morgan fingerprint density at radius 2 is 2.00 bits per heavy atom. The fourth-order valence-corrected chi connectivity index (χ4v) is 5.75. The van der Waals surface area contributed by atoms with Gasteiger partial charge in [-0.1, -0.05) is 32.1 Å². The topological polar surface area (TPSA) is 63.6 Å². The van der Waals surface area contributed by atoms with E-state index in [0.717, 1.165) is 35.9 Å². The number of nitrogens with zero attached hydrogens (tertiary/aromatic N) is 2. The van der Waals surface area contributed by atoms with Gasteiger partial charge in [0.15, 0.2) is 0 Å². The van der Waals surface area contributed by atoms with E-state index in [4.69, 9.17) is 4.74 Å². The Labute approximate surface area is 182 Å². The van der Waals surface area contributed by atoms with Gasteiger partial charge in [0.1, 0.15) is 11.2 Å². The number of carbonyl (C=O) groups excluding carboxylic acids is 2. The van der Waals surface area contributed by atoms with Crippen LogP contribution in [-0.4, -0.2) is 53.1 Å². The van der Waals surface area contributed by atoms with Gasteiger partial charge in [-0.2, -0.15) is 0 Å². The van der Waals surface area contributed by atoms with Gasteiger partial charge in [-0.3, -0.25) is 9.59 Å². The Balaban J connectivity index is 1.61. The highest BCUT2D eigenvalue weighted by atomic mass is 32.1. The van der Waals surface area contributed by atoms with Crippen molar-refractivity contribution < 1.29 is 14.3 Å². The number of rotatable bonds is 6. The lowest BCUT2D eigenvalue weighted by molar-refractivity contribution is -0.133. The number of methoxy groups -OCH3 is 1. The van der Waals surface area contributed by atoms with E-state index in [1.807, 2.05) is 29.0 Å². The average molecular weight is 432 g/mol. The predicted octanol–water partition coefficient (Wildman–Crippen LogP) is 4.18. The molecular weight excluding hydrogens is 398 g/mol. The van der Waals surface area contributed by atoms with Crippen LogP contribution in [0.5, 0.6) is 0 Å². The number of ether oxygens (including phenoxy) is 1. The van der Waals surface area contributed by atoms with E-state index in [1.54, 1.807) is 23.3 Å². The summed E-state index contributed by atoms with van der Waals surface area (Å²) in [5.74, 6) is -0.0855. The molecule has 1 aliphatic carbocycles. The number of carbonyl (C=O) groups is 2. The molecule has 2 amide bonds. The van der Waals surface area contributed by atoms with E-state index in [-0.39, 0.29) is 17.9 Å². The van der Waals surface area contributed by atoms with Gasteiger partial charge in [-0.05, 0) is 43.7 Å². The molecule has 1 atom stereocenters.